The van der Waals surface area contributed by atoms with Crippen molar-refractivity contribution in [3.05, 3.63) is 0 Å². The zero-order valence-corrected chi connectivity index (χ0v) is 12.7. The van der Waals surface area contributed by atoms with Crippen LogP contribution in [0.4, 0.5) is 0 Å². The van der Waals surface area contributed by atoms with Crippen molar-refractivity contribution in [2.75, 3.05) is 26.2 Å². The third kappa shape index (κ3) is 7.67. The smallest absolute Gasteiger partial charge is 0.320 e. The molecule has 1 aliphatic heterocycles. The topological polar surface area (TPSA) is 55.6 Å². The minimum absolute atomic E-state index is 0.126. The van der Waals surface area contributed by atoms with Crippen molar-refractivity contribution in [1.82, 2.24) is 4.90 Å². The average molecular weight is 258 g/mol. The van der Waals surface area contributed by atoms with E-state index in [9.17, 15) is 4.79 Å². The van der Waals surface area contributed by atoms with Gasteiger partial charge in [-0.25, -0.2) is 0 Å². The molecular formula is C14H30N2O2. The molecule has 0 aromatic carbocycles. The molecular weight excluding hydrogens is 228 g/mol. The number of piperidine rings is 1. The van der Waals surface area contributed by atoms with Crippen LogP contribution in [0.1, 0.15) is 47.5 Å². The van der Waals surface area contributed by atoms with Gasteiger partial charge in [0.15, 0.2) is 0 Å². The number of rotatable bonds is 3. The van der Waals surface area contributed by atoms with Gasteiger partial charge in [-0.2, -0.15) is 0 Å². The zero-order valence-electron chi connectivity index (χ0n) is 12.7. The Morgan fingerprint density at radius 2 is 1.78 bits per heavy atom. The third-order valence-corrected chi connectivity index (χ3v) is 2.81. The van der Waals surface area contributed by atoms with Crippen LogP contribution in [-0.2, 0) is 9.53 Å². The second-order valence-corrected chi connectivity index (χ2v) is 5.54. The quantitative estimate of drug-likeness (QED) is 0.787. The van der Waals surface area contributed by atoms with Gasteiger partial charge in [-0.15, -0.1) is 0 Å². The number of nitrogens with zero attached hydrogens (tertiary/aromatic N) is 1. The third-order valence-electron chi connectivity index (χ3n) is 2.81. The average Bonchev–Trinajstić information content (AvgIpc) is 2.30. The highest BCUT2D eigenvalue weighted by molar-refractivity contribution is 5.72. The van der Waals surface area contributed by atoms with Gasteiger partial charge < -0.3 is 10.5 Å². The van der Waals surface area contributed by atoms with E-state index >= 15 is 0 Å². The Labute approximate surface area is 112 Å². The van der Waals surface area contributed by atoms with E-state index in [0.29, 0.717) is 12.5 Å². The molecule has 4 nitrogen and oxygen atoms in total. The van der Waals surface area contributed by atoms with Gasteiger partial charge in [-0.05, 0) is 59.2 Å². The maximum absolute atomic E-state index is 11.6. The Bertz CT molecular complexity index is 228. The fraction of sp³-hybridized carbons (Fsp3) is 0.929. The van der Waals surface area contributed by atoms with Crippen molar-refractivity contribution in [3.63, 3.8) is 0 Å². The van der Waals surface area contributed by atoms with Gasteiger partial charge in [-0.1, -0.05) is 13.8 Å². The second-order valence-electron chi connectivity index (χ2n) is 5.54. The number of hydrogen-bond donors (Lipinski definition) is 1. The lowest BCUT2D eigenvalue weighted by molar-refractivity contribution is -0.156. The minimum Gasteiger partial charge on any atom is -0.459 e. The van der Waals surface area contributed by atoms with Crippen LogP contribution in [0.3, 0.4) is 0 Å². The summed E-state index contributed by atoms with van der Waals surface area (Å²) in [6.07, 6.45) is 2.19. The summed E-state index contributed by atoms with van der Waals surface area (Å²) in [5, 5.41) is 0. The molecule has 0 bridgehead atoms. The van der Waals surface area contributed by atoms with Crippen LogP contribution in [-0.4, -0.2) is 42.6 Å². The molecule has 18 heavy (non-hydrogen) atoms. The molecule has 1 aliphatic rings. The highest BCUT2D eigenvalue weighted by atomic mass is 16.6. The van der Waals surface area contributed by atoms with E-state index < -0.39 is 0 Å². The van der Waals surface area contributed by atoms with Gasteiger partial charge in [-0.3, -0.25) is 9.69 Å². The Hall–Kier alpha value is -0.610. The Kier molecular flexibility index (Phi) is 8.20. The summed E-state index contributed by atoms with van der Waals surface area (Å²) in [6, 6.07) is 0. The molecule has 0 aliphatic carbocycles. The van der Waals surface area contributed by atoms with Crippen LogP contribution in [0.2, 0.25) is 0 Å². The van der Waals surface area contributed by atoms with Gasteiger partial charge in [0, 0.05) is 0 Å². The Morgan fingerprint density at radius 1 is 1.28 bits per heavy atom. The summed E-state index contributed by atoms with van der Waals surface area (Å²) in [6.45, 7) is 12.8. The van der Waals surface area contributed by atoms with Gasteiger partial charge in [0.2, 0.25) is 0 Å². The number of hydrogen-bond acceptors (Lipinski definition) is 4. The first-order chi connectivity index (χ1) is 8.40. The molecule has 1 rings (SSSR count). The van der Waals surface area contributed by atoms with E-state index in [2.05, 4.69) is 4.90 Å². The molecule has 0 aromatic heterocycles. The molecule has 0 atom stereocenters. The molecule has 1 saturated heterocycles. The fourth-order valence-electron chi connectivity index (χ4n) is 1.94. The number of ether oxygens (including phenoxy) is 1. The largest absolute Gasteiger partial charge is 0.459 e. The Morgan fingerprint density at radius 3 is 2.17 bits per heavy atom. The molecule has 0 amide bonds. The molecule has 4 heteroatoms. The molecule has 108 valence electrons. The first-order valence-corrected chi connectivity index (χ1v) is 7.05. The molecule has 1 fully saturated rings. The number of carbonyl (C=O) groups excluding carboxylic acids is 1. The van der Waals surface area contributed by atoms with Crippen molar-refractivity contribution in [2.45, 2.75) is 53.1 Å². The maximum atomic E-state index is 11.6. The molecule has 2 N–H and O–H groups in total. The molecule has 0 saturated carbocycles. The predicted molar refractivity (Wildman–Crippen MR) is 75.4 cm³/mol. The van der Waals surface area contributed by atoms with Gasteiger partial charge in [0.05, 0.1) is 6.54 Å². The lowest BCUT2D eigenvalue weighted by atomic mass is 9.97. The van der Waals surface area contributed by atoms with Crippen molar-refractivity contribution >= 4 is 5.97 Å². The fourth-order valence-corrected chi connectivity index (χ4v) is 1.94. The molecule has 0 radical (unpaired) electrons. The number of esters is 1. The first kappa shape index (κ1) is 17.4. The number of likely N-dealkylation sites (tertiary alicyclic amines) is 1. The van der Waals surface area contributed by atoms with E-state index in [1.54, 1.807) is 0 Å². The SMILES string of the molecule is CC.CC(C)(C)OC(=O)CN1CCC(CN)CC1. The van der Waals surface area contributed by atoms with Crippen LogP contribution < -0.4 is 5.73 Å². The minimum atomic E-state index is -0.382. The van der Waals surface area contributed by atoms with E-state index in [1.165, 1.54) is 0 Å². The molecule has 0 spiro atoms. The molecule has 0 unspecified atom stereocenters. The van der Waals surface area contributed by atoms with E-state index in [4.69, 9.17) is 10.5 Å². The number of carbonyl (C=O) groups is 1. The predicted octanol–water partition coefficient (Wildman–Crippen LogP) is 2.02. The van der Waals surface area contributed by atoms with Gasteiger partial charge >= 0.3 is 5.97 Å². The van der Waals surface area contributed by atoms with E-state index in [-0.39, 0.29) is 11.6 Å². The van der Waals surface area contributed by atoms with Gasteiger partial charge in [0.1, 0.15) is 5.60 Å². The van der Waals surface area contributed by atoms with Crippen molar-refractivity contribution in [3.8, 4) is 0 Å². The van der Waals surface area contributed by atoms with Crippen molar-refractivity contribution in [1.29, 1.82) is 0 Å². The lowest BCUT2D eigenvalue weighted by Gasteiger charge is -2.31. The second kappa shape index (κ2) is 8.48. The van der Waals surface area contributed by atoms with Crippen LogP contribution in [0.15, 0.2) is 0 Å². The molecule has 0 aromatic rings. The summed E-state index contributed by atoms with van der Waals surface area (Å²) in [5.41, 5.74) is 5.24. The maximum Gasteiger partial charge on any atom is 0.320 e. The molecule has 1 heterocycles. The van der Waals surface area contributed by atoms with E-state index in [0.717, 1.165) is 32.5 Å². The summed E-state index contributed by atoms with van der Waals surface area (Å²) in [4.78, 5) is 13.7. The normalized spacial score (nSPS) is 17.9. The van der Waals surface area contributed by atoms with Crippen LogP contribution in [0, 0.1) is 5.92 Å². The highest BCUT2D eigenvalue weighted by Crippen LogP contribution is 2.16. The monoisotopic (exact) mass is 258 g/mol. The highest BCUT2D eigenvalue weighted by Gasteiger charge is 2.22. The Balaban J connectivity index is 0.00000137. The number of nitrogens with two attached hydrogens (primary N) is 1. The van der Waals surface area contributed by atoms with Crippen LogP contribution in [0.25, 0.3) is 0 Å². The summed E-state index contributed by atoms with van der Waals surface area (Å²) in [7, 11) is 0. The summed E-state index contributed by atoms with van der Waals surface area (Å²) < 4.78 is 5.29. The van der Waals surface area contributed by atoms with Crippen LogP contribution in [0.5, 0.6) is 0 Å². The van der Waals surface area contributed by atoms with E-state index in [1.807, 2.05) is 34.6 Å². The van der Waals surface area contributed by atoms with Crippen molar-refractivity contribution in [2.24, 2.45) is 11.7 Å². The van der Waals surface area contributed by atoms with Gasteiger partial charge in [0.25, 0.3) is 0 Å². The standard InChI is InChI=1S/C12H24N2O2.C2H6/c1-12(2,3)16-11(15)9-14-6-4-10(8-13)5-7-14;1-2/h10H,4-9,13H2,1-3H3;1-2H3. The lowest BCUT2D eigenvalue weighted by Crippen LogP contribution is -2.40. The summed E-state index contributed by atoms with van der Waals surface area (Å²) >= 11 is 0. The van der Waals surface area contributed by atoms with Crippen LogP contribution >= 0.6 is 0 Å². The summed E-state index contributed by atoms with van der Waals surface area (Å²) in [5.74, 6) is 0.508. The first-order valence-electron chi connectivity index (χ1n) is 7.05. The van der Waals surface area contributed by atoms with Crippen molar-refractivity contribution < 1.29 is 9.53 Å². The zero-order chi connectivity index (χ0) is 14.2.